The third-order valence-corrected chi connectivity index (χ3v) is 2.91. The normalized spacial score (nSPS) is 13.5. The molecule has 0 nitrogen and oxygen atoms in total. The Morgan fingerprint density at radius 3 is 0.812 bits per heavy atom. The van der Waals surface area contributed by atoms with E-state index >= 15 is 0 Å². The lowest BCUT2D eigenvalue weighted by Crippen LogP contribution is -1.66. The van der Waals surface area contributed by atoms with E-state index in [4.69, 9.17) is 0 Å². The van der Waals surface area contributed by atoms with Crippen LogP contribution in [0.5, 0.6) is 0 Å². The van der Waals surface area contributed by atoms with E-state index in [2.05, 4.69) is 27.7 Å². The minimum Gasteiger partial charge on any atom is -0.0654 e. The number of hydrogen-bond donors (Lipinski definition) is 0. The van der Waals surface area contributed by atoms with Crippen LogP contribution in [0.4, 0.5) is 0 Å². The maximum absolute atomic E-state index is 2.23. The third-order valence-electron chi connectivity index (χ3n) is 2.91. The molecule has 0 atom stereocenters. The van der Waals surface area contributed by atoms with Crippen molar-refractivity contribution in [3.05, 3.63) is 0 Å². The molecule has 0 aromatic rings. The van der Waals surface area contributed by atoms with Gasteiger partial charge in [0.1, 0.15) is 0 Å². The molecule has 0 aromatic carbocycles. The Labute approximate surface area is 105 Å². The average molecular weight is 228 g/mol. The van der Waals surface area contributed by atoms with Crippen molar-refractivity contribution in [2.75, 3.05) is 0 Å². The third kappa shape index (κ3) is 23.7. The Bertz CT molecular complexity index is 68.4. The lowest BCUT2D eigenvalue weighted by Gasteiger charge is -1.86. The van der Waals surface area contributed by atoms with Crippen LogP contribution in [0.2, 0.25) is 0 Å². The first-order valence-electron chi connectivity index (χ1n) is 7.83. The highest BCUT2D eigenvalue weighted by atomic mass is 14.0. The molecule has 0 saturated heterocycles. The van der Waals surface area contributed by atoms with Crippen LogP contribution < -0.4 is 0 Å². The van der Waals surface area contributed by atoms with E-state index in [-0.39, 0.29) is 0 Å². The standard InChI is InChI=1S/C6H14.C5H10.C5H12/c1-3-5-6-4-2;1-2-4-5-3-1;1-3-5-4-2/h3-6H2,1-2H3;1-5H2;3-5H2,1-2H3. The summed E-state index contributed by atoms with van der Waals surface area (Å²) in [4.78, 5) is 0. The smallest absolute Gasteiger partial charge is 0.0533 e. The molecule has 0 heterocycles. The SMILES string of the molecule is C1CCCC1.CCCCC.CCCCCC. The molecule has 0 aromatic heterocycles. The van der Waals surface area contributed by atoms with Crippen LogP contribution in [0, 0.1) is 0 Å². The Hall–Kier alpha value is 0. The summed E-state index contributed by atoms with van der Waals surface area (Å²) in [6, 6.07) is 0. The molecule has 1 saturated carbocycles. The van der Waals surface area contributed by atoms with Gasteiger partial charge in [0.15, 0.2) is 0 Å². The van der Waals surface area contributed by atoms with E-state index < -0.39 is 0 Å². The summed E-state index contributed by atoms with van der Waals surface area (Å²) in [7, 11) is 0. The highest BCUT2D eigenvalue weighted by Crippen LogP contribution is 2.15. The van der Waals surface area contributed by atoms with Gasteiger partial charge in [-0.05, 0) is 0 Å². The predicted molar refractivity (Wildman–Crippen MR) is 78.1 cm³/mol. The Morgan fingerprint density at radius 1 is 0.438 bits per heavy atom. The summed E-state index contributed by atoms with van der Waals surface area (Å²) in [6.07, 6.45) is 17.1. The quantitative estimate of drug-likeness (QED) is 0.457. The molecule has 1 aliphatic rings. The van der Waals surface area contributed by atoms with Crippen LogP contribution in [-0.4, -0.2) is 0 Å². The maximum Gasteiger partial charge on any atom is -0.0533 e. The molecule has 0 spiro atoms. The van der Waals surface area contributed by atoms with Gasteiger partial charge in [-0.2, -0.15) is 0 Å². The van der Waals surface area contributed by atoms with Gasteiger partial charge in [0.2, 0.25) is 0 Å². The van der Waals surface area contributed by atoms with Crippen molar-refractivity contribution >= 4 is 0 Å². The van der Waals surface area contributed by atoms with E-state index in [0.717, 1.165) is 0 Å². The van der Waals surface area contributed by atoms with Gasteiger partial charge in [-0.15, -0.1) is 0 Å². The van der Waals surface area contributed by atoms with Gasteiger partial charge in [-0.25, -0.2) is 0 Å². The fourth-order valence-corrected chi connectivity index (χ4v) is 1.74. The summed E-state index contributed by atoms with van der Waals surface area (Å²) < 4.78 is 0. The Morgan fingerprint density at radius 2 is 0.688 bits per heavy atom. The van der Waals surface area contributed by atoms with Crippen molar-refractivity contribution in [1.29, 1.82) is 0 Å². The number of rotatable bonds is 5. The molecule has 0 N–H and O–H groups in total. The second-order valence-electron chi connectivity index (χ2n) is 4.83. The summed E-state index contributed by atoms with van der Waals surface area (Å²) >= 11 is 0. The van der Waals surface area contributed by atoms with Crippen LogP contribution in [0.1, 0.15) is 105 Å². The van der Waals surface area contributed by atoms with Crippen LogP contribution in [0.3, 0.4) is 0 Å². The van der Waals surface area contributed by atoms with Crippen molar-refractivity contribution in [1.82, 2.24) is 0 Å². The van der Waals surface area contributed by atoms with Crippen molar-refractivity contribution in [3.63, 3.8) is 0 Å². The lowest BCUT2D eigenvalue weighted by molar-refractivity contribution is 0.702. The molecule has 100 valence electrons. The first-order chi connectivity index (χ1) is 7.83. The van der Waals surface area contributed by atoms with Crippen LogP contribution in [0.25, 0.3) is 0 Å². The first-order valence-corrected chi connectivity index (χ1v) is 7.83. The van der Waals surface area contributed by atoms with Gasteiger partial charge in [0.25, 0.3) is 0 Å². The zero-order valence-electron chi connectivity index (χ0n) is 12.5. The molecular weight excluding hydrogens is 192 g/mol. The van der Waals surface area contributed by atoms with Crippen LogP contribution >= 0.6 is 0 Å². The molecule has 16 heavy (non-hydrogen) atoms. The van der Waals surface area contributed by atoms with Crippen molar-refractivity contribution in [3.8, 4) is 0 Å². The second kappa shape index (κ2) is 20.4. The highest BCUT2D eigenvalue weighted by molar-refractivity contribution is 4.51. The summed E-state index contributed by atoms with van der Waals surface area (Å²) in [5.41, 5.74) is 0. The molecule has 0 radical (unpaired) electrons. The second-order valence-corrected chi connectivity index (χ2v) is 4.83. The van der Waals surface area contributed by atoms with Gasteiger partial charge in [-0.1, -0.05) is 105 Å². The lowest BCUT2D eigenvalue weighted by atomic mass is 10.2. The first kappa shape index (κ1) is 18.4. The fraction of sp³-hybridized carbons (Fsp3) is 1.00. The zero-order chi connectivity index (χ0) is 12.5. The number of unbranched alkanes of at least 4 members (excludes halogenated alkanes) is 5. The molecule has 0 unspecified atom stereocenters. The zero-order valence-corrected chi connectivity index (χ0v) is 12.5. The van der Waals surface area contributed by atoms with Crippen LogP contribution in [0.15, 0.2) is 0 Å². The predicted octanol–water partition coefficient (Wildman–Crippen LogP) is 6.73. The van der Waals surface area contributed by atoms with Gasteiger partial charge in [0, 0.05) is 0 Å². The molecule has 1 aliphatic carbocycles. The van der Waals surface area contributed by atoms with E-state index in [9.17, 15) is 0 Å². The van der Waals surface area contributed by atoms with Crippen molar-refractivity contribution < 1.29 is 0 Å². The van der Waals surface area contributed by atoms with Gasteiger partial charge in [-0.3, -0.25) is 0 Å². The van der Waals surface area contributed by atoms with Crippen molar-refractivity contribution in [2.24, 2.45) is 0 Å². The van der Waals surface area contributed by atoms with Crippen molar-refractivity contribution in [2.45, 2.75) is 105 Å². The molecule has 0 amide bonds. The van der Waals surface area contributed by atoms with E-state index in [0.29, 0.717) is 0 Å². The van der Waals surface area contributed by atoms with E-state index in [1.54, 1.807) is 0 Å². The molecule has 1 rings (SSSR count). The summed E-state index contributed by atoms with van der Waals surface area (Å²) in [6.45, 7) is 8.89. The molecule has 1 fully saturated rings. The minimum absolute atomic E-state index is 1.34. The maximum atomic E-state index is 2.23. The Kier molecular flexibility index (Phi) is 23.4. The van der Waals surface area contributed by atoms with E-state index in [1.807, 2.05) is 0 Å². The summed E-state index contributed by atoms with van der Waals surface area (Å²) in [5, 5.41) is 0. The van der Waals surface area contributed by atoms with Gasteiger partial charge >= 0.3 is 0 Å². The molecular formula is C16H36. The average Bonchev–Trinajstić information content (AvgIpc) is 2.87. The molecule has 0 heteroatoms. The minimum atomic E-state index is 1.34. The van der Waals surface area contributed by atoms with Crippen LogP contribution in [-0.2, 0) is 0 Å². The molecule has 0 bridgehead atoms. The Balaban J connectivity index is 0. The topological polar surface area (TPSA) is 0 Å². The summed E-state index contributed by atoms with van der Waals surface area (Å²) in [5.74, 6) is 0. The van der Waals surface area contributed by atoms with Gasteiger partial charge < -0.3 is 0 Å². The molecule has 0 aliphatic heterocycles. The van der Waals surface area contributed by atoms with E-state index in [1.165, 1.54) is 77.0 Å². The fourth-order valence-electron chi connectivity index (χ4n) is 1.74. The largest absolute Gasteiger partial charge is 0.0654 e. The highest BCUT2D eigenvalue weighted by Gasteiger charge is 1.95. The number of hydrogen-bond acceptors (Lipinski definition) is 0. The monoisotopic (exact) mass is 228 g/mol. The van der Waals surface area contributed by atoms with Gasteiger partial charge in [0.05, 0.1) is 0 Å².